The van der Waals surface area contributed by atoms with Crippen molar-refractivity contribution in [3.8, 4) is 0 Å². The molecular formula is C13H16N4O2. The molecule has 1 amide bonds. The van der Waals surface area contributed by atoms with E-state index >= 15 is 0 Å². The van der Waals surface area contributed by atoms with E-state index in [0.29, 0.717) is 5.69 Å². The Morgan fingerprint density at radius 2 is 2.32 bits per heavy atom. The van der Waals surface area contributed by atoms with Gasteiger partial charge in [0.05, 0.1) is 11.4 Å². The lowest BCUT2D eigenvalue weighted by molar-refractivity contribution is 0.0890. The lowest BCUT2D eigenvalue weighted by Gasteiger charge is -2.24. The molecular weight excluding hydrogens is 244 g/mol. The standard InChI is InChI=1S/C13H16N4O2/c1-8-5-11(19-16-8)13(18)15-10-3-4-12-14-9(2)6-17(12)7-10/h5-6,10H,3-4,7H2,1-2H3,(H,15,18)/t10-/m0/s1. The number of hydrogen-bond acceptors (Lipinski definition) is 4. The number of fused-ring (bicyclic) bond motifs is 1. The number of nitrogens with one attached hydrogen (secondary N) is 1. The van der Waals surface area contributed by atoms with Gasteiger partial charge in [0.1, 0.15) is 5.82 Å². The molecule has 0 spiro atoms. The van der Waals surface area contributed by atoms with Gasteiger partial charge >= 0.3 is 0 Å². The topological polar surface area (TPSA) is 73.0 Å². The van der Waals surface area contributed by atoms with Crippen LogP contribution in [0, 0.1) is 13.8 Å². The Morgan fingerprint density at radius 1 is 1.47 bits per heavy atom. The molecule has 100 valence electrons. The Hall–Kier alpha value is -2.11. The minimum Gasteiger partial charge on any atom is -0.351 e. The highest BCUT2D eigenvalue weighted by Crippen LogP contribution is 2.15. The quantitative estimate of drug-likeness (QED) is 0.881. The number of carbonyl (C=O) groups excluding carboxylic acids is 1. The van der Waals surface area contributed by atoms with Gasteiger partial charge in [-0.1, -0.05) is 5.16 Å². The van der Waals surface area contributed by atoms with E-state index in [1.165, 1.54) is 0 Å². The maximum absolute atomic E-state index is 12.0. The van der Waals surface area contributed by atoms with Crippen LogP contribution in [0.4, 0.5) is 0 Å². The fraction of sp³-hybridized carbons (Fsp3) is 0.462. The molecule has 0 unspecified atom stereocenters. The maximum Gasteiger partial charge on any atom is 0.290 e. The van der Waals surface area contributed by atoms with E-state index in [9.17, 15) is 4.79 Å². The van der Waals surface area contributed by atoms with Crippen LogP contribution in [0.15, 0.2) is 16.8 Å². The highest BCUT2D eigenvalue weighted by atomic mass is 16.5. The van der Waals surface area contributed by atoms with Crippen LogP contribution in [0.25, 0.3) is 0 Å². The van der Waals surface area contributed by atoms with E-state index in [1.54, 1.807) is 13.0 Å². The molecule has 0 bridgehead atoms. The zero-order valence-electron chi connectivity index (χ0n) is 11.0. The van der Waals surface area contributed by atoms with Gasteiger partial charge in [0, 0.05) is 31.3 Å². The zero-order chi connectivity index (χ0) is 13.4. The number of aromatic nitrogens is 3. The van der Waals surface area contributed by atoms with Crippen molar-refractivity contribution in [2.75, 3.05) is 0 Å². The molecule has 0 saturated heterocycles. The number of carbonyl (C=O) groups is 1. The predicted octanol–water partition coefficient (Wildman–Crippen LogP) is 1.23. The summed E-state index contributed by atoms with van der Waals surface area (Å²) < 4.78 is 7.07. The molecule has 0 aliphatic carbocycles. The normalized spacial score (nSPS) is 18.1. The van der Waals surface area contributed by atoms with Gasteiger partial charge in [0.2, 0.25) is 5.76 Å². The number of rotatable bonds is 2. The van der Waals surface area contributed by atoms with Crippen LogP contribution in [-0.2, 0) is 13.0 Å². The van der Waals surface area contributed by atoms with Gasteiger partial charge in [-0.05, 0) is 20.3 Å². The second-order valence-corrected chi connectivity index (χ2v) is 4.99. The number of aryl methyl sites for hydroxylation is 3. The molecule has 6 nitrogen and oxygen atoms in total. The monoisotopic (exact) mass is 260 g/mol. The zero-order valence-corrected chi connectivity index (χ0v) is 11.0. The summed E-state index contributed by atoms with van der Waals surface area (Å²) in [4.78, 5) is 16.4. The van der Waals surface area contributed by atoms with Crippen LogP contribution in [0.1, 0.15) is 34.2 Å². The van der Waals surface area contributed by atoms with Gasteiger partial charge in [0.15, 0.2) is 0 Å². The van der Waals surface area contributed by atoms with E-state index in [2.05, 4.69) is 20.0 Å². The minimum atomic E-state index is -0.203. The average Bonchev–Trinajstić information content (AvgIpc) is 2.93. The van der Waals surface area contributed by atoms with E-state index < -0.39 is 0 Å². The van der Waals surface area contributed by atoms with Crippen LogP contribution in [0.5, 0.6) is 0 Å². The molecule has 2 aromatic rings. The smallest absolute Gasteiger partial charge is 0.290 e. The molecule has 1 aliphatic rings. The Balaban J connectivity index is 1.67. The Kier molecular flexibility index (Phi) is 2.85. The molecule has 1 N–H and O–H groups in total. The van der Waals surface area contributed by atoms with Gasteiger partial charge in [-0.2, -0.15) is 0 Å². The summed E-state index contributed by atoms with van der Waals surface area (Å²) in [5.74, 6) is 1.16. The summed E-state index contributed by atoms with van der Waals surface area (Å²) >= 11 is 0. The van der Waals surface area contributed by atoms with Crippen molar-refractivity contribution in [1.29, 1.82) is 0 Å². The van der Waals surface area contributed by atoms with Crippen molar-refractivity contribution in [1.82, 2.24) is 20.0 Å². The molecule has 2 aromatic heterocycles. The van der Waals surface area contributed by atoms with Gasteiger partial charge in [-0.15, -0.1) is 0 Å². The van der Waals surface area contributed by atoms with Crippen LogP contribution >= 0.6 is 0 Å². The van der Waals surface area contributed by atoms with Crippen molar-refractivity contribution in [2.45, 2.75) is 39.3 Å². The first-order valence-corrected chi connectivity index (χ1v) is 6.38. The van der Waals surface area contributed by atoms with Gasteiger partial charge in [-0.3, -0.25) is 4.79 Å². The molecule has 0 aromatic carbocycles. The lowest BCUT2D eigenvalue weighted by Crippen LogP contribution is -2.40. The van der Waals surface area contributed by atoms with Crippen molar-refractivity contribution in [3.63, 3.8) is 0 Å². The first kappa shape index (κ1) is 12.0. The van der Waals surface area contributed by atoms with Crippen molar-refractivity contribution >= 4 is 5.91 Å². The second kappa shape index (κ2) is 4.53. The summed E-state index contributed by atoms with van der Waals surface area (Å²) in [5, 5.41) is 6.70. The molecule has 19 heavy (non-hydrogen) atoms. The predicted molar refractivity (Wildman–Crippen MR) is 67.8 cm³/mol. The second-order valence-electron chi connectivity index (χ2n) is 4.99. The number of hydrogen-bond donors (Lipinski definition) is 1. The van der Waals surface area contributed by atoms with Crippen molar-refractivity contribution < 1.29 is 9.32 Å². The molecule has 0 fully saturated rings. The maximum atomic E-state index is 12.0. The van der Waals surface area contributed by atoms with E-state index in [-0.39, 0.29) is 17.7 Å². The molecule has 3 rings (SSSR count). The molecule has 0 radical (unpaired) electrons. The molecule has 1 aliphatic heterocycles. The minimum absolute atomic E-state index is 0.110. The van der Waals surface area contributed by atoms with Crippen LogP contribution < -0.4 is 5.32 Å². The highest BCUT2D eigenvalue weighted by Gasteiger charge is 2.22. The van der Waals surface area contributed by atoms with Gasteiger partial charge in [-0.25, -0.2) is 4.98 Å². The number of imidazole rings is 1. The average molecular weight is 260 g/mol. The van der Waals surface area contributed by atoms with Crippen LogP contribution in [0.2, 0.25) is 0 Å². The lowest BCUT2D eigenvalue weighted by atomic mass is 10.1. The van der Waals surface area contributed by atoms with Crippen LogP contribution in [-0.4, -0.2) is 26.7 Å². The third-order valence-electron chi connectivity index (χ3n) is 3.30. The van der Waals surface area contributed by atoms with Gasteiger partial charge < -0.3 is 14.4 Å². The van der Waals surface area contributed by atoms with Crippen molar-refractivity contribution in [2.24, 2.45) is 0 Å². The third-order valence-corrected chi connectivity index (χ3v) is 3.30. The van der Waals surface area contributed by atoms with E-state index in [1.807, 2.05) is 13.1 Å². The van der Waals surface area contributed by atoms with Crippen LogP contribution in [0.3, 0.4) is 0 Å². The Labute approximate surface area is 110 Å². The fourth-order valence-electron chi connectivity index (χ4n) is 2.43. The molecule has 0 saturated carbocycles. The summed E-state index contributed by atoms with van der Waals surface area (Å²) in [6.07, 6.45) is 3.80. The highest BCUT2D eigenvalue weighted by molar-refractivity contribution is 5.91. The summed E-state index contributed by atoms with van der Waals surface area (Å²) in [6, 6.07) is 1.75. The summed E-state index contributed by atoms with van der Waals surface area (Å²) in [5.41, 5.74) is 1.73. The SMILES string of the molecule is Cc1cc(C(=O)N[C@H]2CCc3nc(C)cn3C2)on1. The summed E-state index contributed by atoms with van der Waals surface area (Å²) in [7, 11) is 0. The van der Waals surface area contributed by atoms with E-state index in [4.69, 9.17) is 4.52 Å². The molecule has 6 heteroatoms. The van der Waals surface area contributed by atoms with Crippen molar-refractivity contribution in [3.05, 3.63) is 35.2 Å². The molecule has 3 heterocycles. The Morgan fingerprint density at radius 3 is 3.05 bits per heavy atom. The first-order valence-electron chi connectivity index (χ1n) is 6.38. The molecule has 1 atom stereocenters. The van der Waals surface area contributed by atoms with E-state index in [0.717, 1.165) is 30.9 Å². The Bertz CT molecular complexity index is 614. The first-order chi connectivity index (χ1) is 9.11. The largest absolute Gasteiger partial charge is 0.351 e. The van der Waals surface area contributed by atoms with Gasteiger partial charge in [0.25, 0.3) is 5.91 Å². The third kappa shape index (κ3) is 2.38. The fourth-order valence-corrected chi connectivity index (χ4v) is 2.43. The number of nitrogens with zero attached hydrogens (tertiary/aromatic N) is 3. The summed E-state index contributed by atoms with van der Waals surface area (Å²) in [6.45, 7) is 4.53. The number of amides is 1.